The molecule has 1 aliphatic carbocycles. The third-order valence-electron chi connectivity index (χ3n) is 3.40. The molecule has 0 unspecified atom stereocenters. The van der Waals surface area contributed by atoms with Crippen molar-refractivity contribution in [3.63, 3.8) is 0 Å². The van der Waals surface area contributed by atoms with E-state index in [0.29, 0.717) is 10.6 Å². The van der Waals surface area contributed by atoms with E-state index >= 15 is 0 Å². The lowest BCUT2D eigenvalue weighted by atomic mass is 10.2. The number of aryl methyl sites for hydroxylation is 1. The fourth-order valence-corrected chi connectivity index (χ4v) is 3.18. The maximum absolute atomic E-state index is 12.2. The van der Waals surface area contributed by atoms with Crippen LogP contribution in [-0.2, 0) is 4.79 Å². The standard InChI is InChI=1S/C14H16N4O2S/c1-7-4-5-16-14-10(7)11(15)12(21-14)13(20)17-6-9(19)18-8-2-3-8/h4-5,8H,2-3,6,15H2,1H3,(H,17,20)(H,18,19). The Hall–Kier alpha value is -2.15. The number of aromatic nitrogens is 1. The molecule has 3 rings (SSSR count). The molecule has 0 saturated heterocycles. The Morgan fingerprint density at radius 3 is 2.90 bits per heavy atom. The van der Waals surface area contributed by atoms with Gasteiger partial charge in [-0.05, 0) is 31.4 Å². The van der Waals surface area contributed by atoms with Gasteiger partial charge in [-0.3, -0.25) is 9.59 Å². The van der Waals surface area contributed by atoms with Crippen LogP contribution >= 0.6 is 11.3 Å². The van der Waals surface area contributed by atoms with Gasteiger partial charge in [-0.25, -0.2) is 4.98 Å². The van der Waals surface area contributed by atoms with E-state index in [4.69, 9.17) is 5.73 Å². The number of nitrogens with one attached hydrogen (secondary N) is 2. The Kier molecular flexibility index (Phi) is 3.50. The van der Waals surface area contributed by atoms with E-state index in [9.17, 15) is 9.59 Å². The van der Waals surface area contributed by atoms with Gasteiger partial charge in [0.2, 0.25) is 5.91 Å². The number of nitrogen functional groups attached to an aromatic ring is 1. The van der Waals surface area contributed by atoms with Crippen LogP contribution < -0.4 is 16.4 Å². The number of hydrogen-bond acceptors (Lipinski definition) is 5. The number of carbonyl (C=O) groups excluding carboxylic acids is 2. The van der Waals surface area contributed by atoms with Crippen molar-refractivity contribution in [3.05, 3.63) is 22.7 Å². The van der Waals surface area contributed by atoms with Crippen LogP contribution in [0.1, 0.15) is 28.1 Å². The second-order valence-electron chi connectivity index (χ2n) is 5.18. The number of hydrogen-bond donors (Lipinski definition) is 3. The Morgan fingerprint density at radius 2 is 2.24 bits per heavy atom. The predicted molar refractivity (Wildman–Crippen MR) is 82.3 cm³/mol. The molecule has 1 fully saturated rings. The van der Waals surface area contributed by atoms with Gasteiger partial charge < -0.3 is 16.4 Å². The van der Waals surface area contributed by atoms with Gasteiger partial charge in [0.05, 0.1) is 12.2 Å². The Labute approximate surface area is 125 Å². The van der Waals surface area contributed by atoms with E-state index < -0.39 is 0 Å². The monoisotopic (exact) mass is 304 g/mol. The molecular weight excluding hydrogens is 288 g/mol. The second kappa shape index (κ2) is 5.33. The van der Waals surface area contributed by atoms with Crippen LogP contribution in [0.2, 0.25) is 0 Å². The highest BCUT2D eigenvalue weighted by molar-refractivity contribution is 7.21. The number of carbonyl (C=O) groups is 2. The van der Waals surface area contributed by atoms with Crippen molar-refractivity contribution in [2.24, 2.45) is 0 Å². The van der Waals surface area contributed by atoms with Gasteiger partial charge in [-0.2, -0.15) is 0 Å². The summed E-state index contributed by atoms with van der Waals surface area (Å²) in [7, 11) is 0. The summed E-state index contributed by atoms with van der Waals surface area (Å²) < 4.78 is 0. The van der Waals surface area contributed by atoms with Gasteiger partial charge in [0.25, 0.3) is 5.91 Å². The summed E-state index contributed by atoms with van der Waals surface area (Å²) in [6.45, 7) is 1.90. The van der Waals surface area contributed by atoms with Crippen molar-refractivity contribution in [1.82, 2.24) is 15.6 Å². The summed E-state index contributed by atoms with van der Waals surface area (Å²) in [5.41, 5.74) is 7.46. The minimum absolute atomic E-state index is 0.0323. The molecule has 0 bridgehead atoms. The van der Waals surface area contributed by atoms with Gasteiger partial charge in [-0.1, -0.05) is 0 Å². The van der Waals surface area contributed by atoms with Crippen LogP contribution in [0.3, 0.4) is 0 Å². The van der Waals surface area contributed by atoms with Crippen molar-refractivity contribution in [1.29, 1.82) is 0 Å². The van der Waals surface area contributed by atoms with Crippen LogP contribution in [0.15, 0.2) is 12.3 Å². The van der Waals surface area contributed by atoms with Crippen molar-refractivity contribution in [2.75, 3.05) is 12.3 Å². The summed E-state index contributed by atoms with van der Waals surface area (Å²) in [5, 5.41) is 6.24. The highest BCUT2D eigenvalue weighted by Crippen LogP contribution is 2.34. The first-order valence-electron chi connectivity index (χ1n) is 6.77. The zero-order valence-electron chi connectivity index (χ0n) is 11.6. The maximum Gasteiger partial charge on any atom is 0.264 e. The first-order valence-corrected chi connectivity index (χ1v) is 7.59. The number of pyridine rings is 1. The zero-order valence-corrected chi connectivity index (χ0v) is 12.4. The molecule has 0 aromatic carbocycles. The largest absolute Gasteiger partial charge is 0.397 e. The molecule has 7 heteroatoms. The SMILES string of the molecule is Cc1ccnc2sc(C(=O)NCC(=O)NC3CC3)c(N)c12. The summed E-state index contributed by atoms with van der Waals surface area (Å²) in [4.78, 5) is 29.1. The number of amides is 2. The van der Waals surface area contributed by atoms with Crippen LogP contribution in [0.4, 0.5) is 5.69 Å². The van der Waals surface area contributed by atoms with Gasteiger partial charge >= 0.3 is 0 Å². The molecule has 6 nitrogen and oxygen atoms in total. The molecule has 21 heavy (non-hydrogen) atoms. The fourth-order valence-electron chi connectivity index (χ4n) is 2.12. The molecule has 0 spiro atoms. The molecule has 2 heterocycles. The van der Waals surface area contributed by atoms with Crippen LogP contribution in [0.5, 0.6) is 0 Å². The Morgan fingerprint density at radius 1 is 1.48 bits per heavy atom. The van der Waals surface area contributed by atoms with E-state index in [0.717, 1.165) is 28.6 Å². The lowest BCUT2D eigenvalue weighted by molar-refractivity contribution is -0.120. The van der Waals surface area contributed by atoms with Crippen molar-refractivity contribution in [2.45, 2.75) is 25.8 Å². The van der Waals surface area contributed by atoms with E-state index in [1.807, 2.05) is 13.0 Å². The molecule has 0 atom stereocenters. The fraction of sp³-hybridized carbons (Fsp3) is 0.357. The quantitative estimate of drug-likeness (QED) is 0.790. The third kappa shape index (κ3) is 2.82. The highest BCUT2D eigenvalue weighted by atomic mass is 32.1. The average molecular weight is 304 g/mol. The smallest absolute Gasteiger partial charge is 0.264 e. The van der Waals surface area contributed by atoms with E-state index in [2.05, 4.69) is 15.6 Å². The third-order valence-corrected chi connectivity index (χ3v) is 4.51. The molecule has 1 aliphatic rings. The lowest BCUT2D eigenvalue weighted by Crippen LogP contribution is -2.37. The summed E-state index contributed by atoms with van der Waals surface area (Å²) >= 11 is 1.24. The van der Waals surface area contributed by atoms with Crippen LogP contribution in [-0.4, -0.2) is 29.4 Å². The van der Waals surface area contributed by atoms with E-state index in [-0.39, 0.29) is 24.4 Å². The molecule has 0 radical (unpaired) electrons. The molecule has 4 N–H and O–H groups in total. The van der Waals surface area contributed by atoms with Crippen LogP contribution in [0.25, 0.3) is 10.2 Å². The summed E-state index contributed by atoms with van der Waals surface area (Å²) in [5.74, 6) is -0.499. The first kappa shape index (κ1) is 13.8. The predicted octanol–water partition coefficient (Wildman–Crippen LogP) is 1.20. The van der Waals surface area contributed by atoms with E-state index in [1.165, 1.54) is 11.3 Å². The number of thiophene rings is 1. The minimum Gasteiger partial charge on any atom is -0.397 e. The van der Waals surface area contributed by atoms with E-state index in [1.54, 1.807) is 6.20 Å². The maximum atomic E-state index is 12.2. The Balaban J connectivity index is 1.73. The molecule has 1 saturated carbocycles. The molecule has 0 aliphatic heterocycles. The average Bonchev–Trinajstić information content (AvgIpc) is 3.19. The number of rotatable bonds is 4. The number of nitrogens with two attached hydrogens (primary N) is 1. The zero-order chi connectivity index (χ0) is 15.0. The molecular formula is C14H16N4O2S. The minimum atomic E-state index is -0.333. The molecule has 2 aromatic heterocycles. The van der Waals surface area contributed by atoms with Crippen molar-refractivity contribution >= 4 is 39.1 Å². The Bertz CT molecular complexity index is 721. The summed E-state index contributed by atoms with van der Waals surface area (Å²) in [6, 6.07) is 2.14. The number of fused-ring (bicyclic) bond motifs is 1. The topological polar surface area (TPSA) is 97.1 Å². The van der Waals surface area contributed by atoms with Gasteiger partial charge in [0, 0.05) is 17.6 Å². The molecule has 2 amide bonds. The summed E-state index contributed by atoms with van der Waals surface area (Å²) in [6.07, 6.45) is 3.74. The van der Waals surface area contributed by atoms with Gasteiger partial charge in [-0.15, -0.1) is 11.3 Å². The normalized spacial score (nSPS) is 14.1. The highest BCUT2D eigenvalue weighted by Gasteiger charge is 2.24. The van der Waals surface area contributed by atoms with Gasteiger partial charge in [0.15, 0.2) is 0 Å². The molecule has 110 valence electrons. The van der Waals surface area contributed by atoms with Crippen molar-refractivity contribution < 1.29 is 9.59 Å². The number of nitrogens with zero attached hydrogens (tertiary/aromatic N) is 1. The van der Waals surface area contributed by atoms with Crippen molar-refractivity contribution in [3.8, 4) is 0 Å². The number of anilines is 1. The lowest BCUT2D eigenvalue weighted by Gasteiger charge is -2.05. The second-order valence-corrected chi connectivity index (χ2v) is 6.18. The van der Waals surface area contributed by atoms with Crippen LogP contribution in [0, 0.1) is 6.92 Å². The molecule has 2 aromatic rings. The first-order chi connectivity index (χ1) is 10.1. The van der Waals surface area contributed by atoms with Gasteiger partial charge in [0.1, 0.15) is 9.71 Å².